The largest absolute Gasteiger partial charge is 0.417 e. The lowest BCUT2D eigenvalue weighted by Crippen LogP contribution is -2.21. The van der Waals surface area contributed by atoms with Crippen LogP contribution in [0, 0.1) is 0 Å². The van der Waals surface area contributed by atoms with Crippen LogP contribution < -0.4 is 21.7 Å². The van der Waals surface area contributed by atoms with Crippen molar-refractivity contribution in [1.29, 1.82) is 0 Å². The predicted molar refractivity (Wildman–Crippen MR) is 185 cm³/mol. The van der Waals surface area contributed by atoms with Crippen molar-refractivity contribution in [2.75, 3.05) is 11.5 Å². The molecule has 7 rings (SSSR count). The van der Waals surface area contributed by atoms with Crippen molar-refractivity contribution in [3.05, 3.63) is 77.6 Å². The van der Waals surface area contributed by atoms with Crippen molar-refractivity contribution in [3.8, 4) is 45.0 Å². The van der Waals surface area contributed by atoms with E-state index in [-0.39, 0.29) is 50.6 Å². The zero-order valence-electron chi connectivity index (χ0n) is 28.0. The van der Waals surface area contributed by atoms with Crippen LogP contribution in [0.15, 0.2) is 70.6 Å². The molecule has 0 saturated carbocycles. The number of nitrogens with zero attached hydrogens (tertiary/aromatic N) is 10. The monoisotopic (exact) mass is 833 g/mol. The van der Waals surface area contributed by atoms with Crippen LogP contribution in [0.25, 0.3) is 55.9 Å². The van der Waals surface area contributed by atoms with E-state index in [4.69, 9.17) is 21.7 Å². The van der Waals surface area contributed by atoms with Gasteiger partial charge in [-0.15, -0.1) is 20.4 Å². The van der Waals surface area contributed by atoms with E-state index in [1.165, 1.54) is 36.5 Å². The Morgan fingerprint density at radius 2 is 1.30 bits per heavy atom. The molecule has 0 amide bonds. The smallest absolute Gasteiger partial charge is 0.384 e. The summed E-state index contributed by atoms with van der Waals surface area (Å²) in [7, 11) is -10.4. The van der Waals surface area contributed by atoms with Crippen molar-refractivity contribution < 1.29 is 43.2 Å². The molecule has 27 heteroatoms. The molecule has 0 aliphatic rings. The Morgan fingerprint density at radius 1 is 0.702 bits per heavy atom. The van der Waals surface area contributed by atoms with Crippen molar-refractivity contribution in [2.24, 2.45) is 10.3 Å². The van der Waals surface area contributed by atoms with Gasteiger partial charge in [0.15, 0.2) is 0 Å². The highest BCUT2D eigenvalue weighted by molar-refractivity contribution is 7.89. The molecule has 9 N–H and O–H groups in total. The van der Waals surface area contributed by atoms with Gasteiger partial charge in [0.1, 0.15) is 22.2 Å². The second kappa shape index (κ2) is 13.5. The quantitative estimate of drug-likeness (QED) is 0.138. The summed E-state index contributed by atoms with van der Waals surface area (Å²) in [6.45, 7) is -0.606. The van der Waals surface area contributed by atoms with E-state index in [9.17, 15) is 43.2 Å². The average Bonchev–Trinajstić information content (AvgIpc) is 3.82. The third-order valence-electron chi connectivity index (χ3n) is 8.25. The number of nitrogens with one attached hydrogen (secondary N) is 1. The standard InChI is InChI=1S/C30H21F6N15O4S2/c31-29(32,33)17-8-5-15(22(24(17)56(39,52)53)26-44-48-49-45-26)13-6-9-21(37)42-20(13)11-51-47-27(46-50-51)23-14(4-7-18(30(34,35)36)25(23)57(40,54)55)12-2-1-3-19-16(12)10-41-28(38)43-19/h1-10H,11H2,(H2,37,42)(H2,38,41,43)(H2,39,52,53)(H2,40,54,55)(H,44,45,48,49). The lowest BCUT2D eigenvalue weighted by atomic mass is 9.94. The summed E-state index contributed by atoms with van der Waals surface area (Å²) < 4.78 is 137. The van der Waals surface area contributed by atoms with Gasteiger partial charge in [0.25, 0.3) is 0 Å². The van der Waals surface area contributed by atoms with Gasteiger partial charge >= 0.3 is 12.4 Å². The van der Waals surface area contributed by atoms with E-state index < -0.39 is 82.6 Å². The molecule has 0 saturated heterocycles. The molecule has 0 radical (unpaired) electrons. The lowest BCUT2D eigenvalue weighted by molar-refractivity contribution is -0.140. The van der Waals surface area contributed by atoms with Gasteiger partial charge < -0.3 is 11.5 Å². The number of fused-ring (bicyclic) bond motifs is 1. The van der Waals surface area contributed by atoms with E-state index in [1.54, 1.807) is 0 Å². The number of pyridine rings is 1. The minimum atomic E-state index is -5.25. The maximum atomic E-state index is 14.4. The summed E-state index contributed by atoms with van der Waals surface area (Å²) in [5.74, 6) is -1.59. The topological polar surface area (TPSA) is 309 Å². The number of rotatable bonds is 8. The number of H-pyrrole nitrogens is 1. The summed E-state index contributed by atoms with van der Waals surface area (Å²) in [6.07, 6.45) is -9.21. The van der Waals surface area contributed by atoms with Crippen molar-refractivity contribution >= 4 is 42.7 Å². The molecule has 0 atom stereocenters. The van der Waals surface area contributed by atoms with E-state index >= 15 is 0 Å². The molecule has 3 aromatic carbocycles. The van der Waals surface area contributed by atoms with Crippen LogP contribution in [-0.2, 0) is 38.9 Å². The average molecular weight is 834 g/mol. The number of hydrogen-bond acceptors (Lipinski definition) is 15. The molecule has 57 heavy (non-hydrogen) atoms. The molecule has 4 heterocycles. The summed E-state index contributed by atoms with van der Waals surface area (Å²) >= 11 is 0. The Kier molecular flexibility index (Phi) is 9.13. The van der Waals surface area contributed by atoms with Crippen molar-refractivity contribution in [3.63, 3.8) is 0 Å². The Hall–Kier alpha value is -6.71. The second-order valence-corrected chi connectivity index (χ2v) is 14.9. The summed E-state index contributed by atoms with van der Waals surface area (Å²) in [5, 5.41) is 35.6. The van der Waals surface area contributed by atoms with E-state index in [1.807, 2.05) is 0 Å². The van der Waals surface area contributed by atoms with Crippen LogP contribution in [0.3, 0.4) is 0 Å². The minimum Gasteiger partial charge on any atom is -0.384 e. The number of primary sulfonamides is 2. The van der Waals surface area contributed by atoms with Crippen molar-refractivity contribution in [1.82, 2.24) is 55.8 Å². The fourth-order valence-electron chi connectivity index (χ4n) is 6.10. The van der Waals surface area contributed by atoms with Gasteiger partial charge in [-0.3, -0.25) is 0 Å². The van der Waals surface area contributed by atoms with Gasteiger partial charge in [0, 0.05) is 17.1 Å². The Morgan fingerprint density at radius 3 is 1.88 bits per heavy atom. The predicted octanol–water partition coefficient (Wildman–Crippen LogP) is 2.74. The van der Waals surface area contributed by atoms with Gasteiger partial charge in [0.2, 0.25) is 37.6 Å². The number of tetrazole rings is 2. The number of halogens is 6. The molecule has 0 fully saturated rings. The number of anilines is 2. The highest BCUT2D eigenvalue weighted by atomic mass is 32.2. The summed E-state index contributed by atoms with van der Waals surface area (Å²) in [4.78, 5) is 10.2. The third kappa shape index (κ3) is 7.25. The van der Waals surface area contributed by atoms with Crippen LogP contribution in [0.4, 0.5) is 38.1 Å². The summed E-state index contributed by atoms with van der Waals surface area (Å²) in [5.41, 5.74) is 6.58. The first kappa shape index (κ1) is 38.6. The maximum Gasteiger partial charge on any atom is 0.417 e. The van der Waals surface area contributed by atoms with Gasteiger partial charge in [-0.25, -0.2) is 42.1 Å². The molecule has 4 aromatic heterocycles. The van der Waals surface area contributed by atoms with Gasteiger partial charge in [-0.1, -0.05) is 24.3 Å². The fraction of sp³-hybridized carbons (Fsp3) is 0.100. The SMILES string of the molecule is Nc1ccc(-c2ccc(C(F)(F)F)c(S(N)(=O)=O)c2-c2nn[nH]n2)c(Cn2nnc(-c3c(-c4cccc5nc(N)ncc45)ccc(C(F)(F)F)c3S(N)(=O)=O)n2)n1. The number of nitrogens with two attached hydrogens (primary N) is 4. The zero-order valence-corrected chi connectivity index (χ0v) is 29.6. The molecule has 0 unspecified atom stereocenters. The molecule has 19 nitrogen and oxygen atoms in total. The van der Waals surface area contributed by atoms with E-state index in [0.717, 1.165) is 16.9 Å². The van der Waals surface area contributed by atoms with E-state index in [2.05, 4.69) is 51.0 Å². The number of sulfonamides is 2. The highest BCUT2D eigenvalue weighted by Crippen LogP contribution is 2.46. The van der Waals surface area contributed by atoms with Crippen molar-refractivity contribution in [2.45, 2.75) is 28.7 Å². The second-order valence-electron chi connectivity index (χ2n) is 11.9. The van der Waals surface area contributed by atoms with Crippen LogP contribution in [0.2, 0.25) is 0 Å². The fourth-order valence-corrected chi connectivity index (χ4v) is 8.05. The zero-order chi connectivity index (χ0) is 41.2. The molecule has 0 bridgehead atoms. The van der Waals surface area contributed by atoms with E-state index in [0.29, 0.717) is 12.1 Å². The first-order valence-corrected chi connectivity index (χ1v) is 18.6. The molecule has 0 aliphatic heterocycles. The number of nitrogen functional groups attached to an aromatic ring is 2. The number of alkyl halides is 6. The molecule has 0 aliphatic carbocycles. The Balaban J connectivity index is 1.45. The van der Waals surface area contributed by atoms with Gasteiger partial charge in [-0.05, 0) is 57.4 Å². The number of aromatic nitrogens is 11. The Labute approximate surface area is 314 Å². The molecular weight excluding hydrogens is 813 g/mol. The molecular formula is C30H21F6N15O4S2. The normalized spacial score (nSPS) is 12.7. The van der Waals surface area contributed by atoms with Crippen LogP contribution in [-0.4, -0.2) is 72.6 Å². The minimum absolute atomic E-state index is 0.0958. The van der Waals surface area contributed by atoms with Crippen LogP contribution in [0.5, 0.6) is 0 Å². The molecule has 294 valence electrons. The third-order valence-corrected chi connectivity index (χ3v) is 10.2. The summed E-state index contributed by atoms with van der Waals surface area (Å²) in [6, 6.07) is 9.78. The van der Waals surface area contributed by atoms with Crippen LogP contribution >= 0.6 is 0 Å². The number of hydrogen-bond donors (Lipinski definition) is 5. The maximum absolute atomic E-state index is 14.4. The highest BCUT2D eigenvalue weighted by Gasteiger charge is 2.41. The molecule has 7 aromatic rings. The number of benzene rings is 3. The Bertz CT molecular complexity index is 2960. The first-order valence-electron chi connectivity index (χ1n) is 15.5. The lowest BCUT2D eigenvalue weighted by Gasteiger charge is -2.19. The number of aromatic amines is 1. The molecule has 0 spiro atoms. The first-order chi connectivity index (χ1) is 26.6. The van der Waals surface area contributed by atoms with Gasteiger partial charge in [0.05, 0.1) is 33.5 Å². The van der Waals surface area contributed by atoms with Gasteiger partial charge in [-0.2, -0.15) is 36.4 Å². The van der Waals surface area contributed by atoms with Crippen LogP contribution in [0.1, 0.15) is 16.8 Å².